The maximum atomic E-state index is 13.7. The number of carbonyl (C=O) groups excluding carboxylic acids is 1. The van der Waals surface area contributed by atoms with Crippen molar-refractivity contribution >= 4 is 11.6 Å². The summed E-state index contributed by atoms with van der Waals surface area (Å²) in [7, 11) is 0. The minimum atomic E-state index is -0.477. The molecule has 0 atom stereocenters. The Hall–Kier alpha value is -3.85. The molecule has 0 aromatic heterocycles. The average molecular weight is 404 g/mol. The van der Waals surface area contributed by atoms with Crippen LogP contribution in [0.3, 0.4) is 0 Å². The van der Waals surface area contributed by atoms with Gasteiger partial charge in [0.05, 0.1) is 23.4 Å². The van der Waals surface area contributed by atoms with Gasteiger partial charge in [0, 0.05) is 17.2 Å². The Morgan fingerprint density at radius 3 is 2.67 bits per heavy atom. The molecular formula is C24H21FN2O3. The lowest BCUT2D eigenvalue weighted by atomic mass is 10.1. The zero-order valence-corrected chi connectivity index (χ0v) is 16.7. The van der Waals surface area contributed by atoms with Crippen molar-refractivity contribution in [3.63, 3.8) is 0 Å². The fourth-order valence-electron chi connectivity index (χ4n) is 2.79. The molecule has 0 aliphatic carbocycles. The predicted molar refractivity (Wildman–Crippen MR) is 112 cm³/mol. The molecule has 0 saturated carbocycles. The van der Waals surface area contributed by atoms with Crippen molar-refractivity contribution in [1.82, 2.24) is 0 Å². The second kappa shape index (κ2) is 9.57. The normalized spacial score (nSPS) is 10.4. The summed E-state index contributed by atoms with van der Waals surface area (Å²) in [5.74, 6) is -0.0275. The molecule has 0 unspecified atom stereocenters. The first kappa shape index (κ1) is 20.9. The third kappa shape index (κ3) is 5.36. The molecule has 3 aromatic rings. The van der Waals surface area contributed by atoms with Gasteiger partial charge in [-0.15, -0.1) is 0 Å². The van der Waals surface area contributed by atoms with E-state index in [1.54, 1.807) is 36.4 Å². The molecule has 30 heavy (non-hydrogen) atoms. The van der Waals surface area contributed by atoms with E-state index in [-0.39, 0.29) is 18.4 Å². The Morgan fingerprint density at radius 1 is 1.10 bits per heavy atom. The molecule has 0 fully saturated rings. The summed E-state index contributed by atoms with van der Waals surface area (Å²) < 4.78 is 25.1. The first-order valence-electron chi connectivity index (χ1n) is 9.44. The molecule has 0 radical (unpaired) electrons. The van der Waals surface area contributed by atoms with Crippen molar-refractivity contribution < 1.29 is 18.7 Å². The fourth-order valence-corrected chi connectivity index (χ4v) is 2.79. The highest BCUT2D eigenvalue weighted by molar-refractivity contribution is 6.05. The van der Waals surface area contributed by atoms with Gasteiger partial charge in [0.25, 0.3) is 5.91 Å². The molecule has 0 aliphatic heterocycles. The standard InChI is InChI=1S/C24H21FN2O3/c1-16(2)30-23-11-10-20(25)13-22(23)27-24(28)17-8-5-9-21(12-17)29-15-19-7-4-3-6-18(19)14-26/h3-13,16H,15H2,1-2H3,(H,27,28). The molecule has 1 N–H and O–H groups in total. The maximum absolute atomic E-state index is 13.7. The zero-order chi connectivity index (χ0) is 21.5. The van der Waals surface area contributed by atoms with Crippen LogP contribution in [0, 0.1) is 17.1 Å². The Balaban J connectivity index is 1.74. The Morgan fingerprint density at radius 2 is 1.90 bits per heavy atom. The number of anilines is 1. The molecule has 5 nitrogen and oxygen atoms in total. The van der Waals surface area contributed by atoms with E-state index in [4.69, 9.17) is 9.47 Å². The van der Waals surface area contributed by atoms with Gasteiger partial charge in [-0.05, 0) is 50.2 Å². The number of nitrogens with one attached hydrogen (secondary N) is 1. The summed E-state index contributed by atoms with van der Waals surface area (Å²) in [4.78, 5) is 12.7. The molecule has 0 bridgehead atoms. The largest absolute Gasteiger partial charge is 0.489 e. The first-order chi connectivity index (χ1) is 14.5. The van der Waals surface area contributed by atoms with E-state index in [0.717, 1.165) is 5.56 Å². The lowest BCUT2D eigenvalue weighted by molar-refractivity contribution is 0.102. The highest BCUT2D eigenvalue weighted by atomic mass is 19.1. The Labute approximate surface area is 174 Å². The van der Waals surface area contributed by atoms with Gasteiger partial charge in [-0.2, -0.15) is 5.26 Å². The van der Waals surface area contributed by atoms with Gasteiger partial charge in [-0.25, -0.2) is 4.39 Å². The van der Waals surface area contributed by atoms with Crippen LogP contribution in [0.25, 0.3) is 0 Å². The van der Waals surface area contributed by atoms with E-state index >= 15 is 0 Å². The van der Waals surface area contributed by atoms with Crippen molar-refractivity contribution in [2.75, 3.05) is 5.32 Å². The summed E-state index contributed by atoms with van der Waals surface area (Å²) in [5, 5.41) is 11.9. The monoisotopic (exact) mass is 404 g/mol. The molecule has 0 heterocycles. The molecule has 152 valence electrons. The lowest BCUT2D eigenvalue weighted by Gasteiger charge is -2.15. The van der Waals surface area contributed by atoms with Gasteiger partial charge in [0.15, 0.2) is 0 Å². The average Bonchev–Trinajstić information content (AvgIpc) is 2.74. The van der Waals surface area contributed by atoms with Crippen molar-refractivity contribution in [3.8, 4) is 17.6 Å². The van der Waals surface area contributed by atoms with Crippen LogP contribution in [0.2, 0.25) is 0 Å². The molecule has 0 spiro atoms. The second-order valence-corrected chi connectivity index (χ2v) is 6.85. The summed E-state index contributed by atoms with van der Waals surface area (Å²) in [5.41, 5.74) is 1.89. The molecule has 1 amide bonds. The highest BCUT2D eigenvalue weighted by Gasteiger charge is 2.13. The number of rotatable bonds is 7. The van der Waals surface area contributed by atoms with Crippen molar-refractivity contribution in [1.29, 1.82) is 5.26 Å². The number of benzene rings is 3. The predicted octanol–water partition coefficient (Wildman–Crippen LogP) is 5.32. The number of nitrogens with zero attached hydrogens (tertiary/aromatic N) is 1. The Kier molecular flexibility index (Phi) is 6.66. The molecule has 0 saturated heterocycles. The van der Waals surface area contributed by atoms with Crippen LogP contribution in [0.5, 0.6) is 11.5 Å². The van der Waals surface area contributed by atoms with Crippen LogP contribution in [0.4, 0.5) is 10.1 Å². The minimum absolute atomic E-state index is 0.126. The van der Waals surface area contributed by atoms with E-state index in [9.17, 15) is 14.4 Å². The quantitative estimate of drug-likeness (QED) is 0.579. The maximum Gasteiger partial charge on any atom is 0.255 e. The van der Waals surface area contributed by atoms with E-state index in [1.165, 1.54) is 18.2 Å². The van der Waals surface area contributed by atoms with Gasteiger partial charge in [-0.1, -0.05) is 24.3 Å². The minimum Gasteiger partial charge on any atom is -0.489 e. The third-order valence-electron chi connectivity index (χ3n) is 4.18. The van der Waals surface area contributed by atoms with E-state index < -0.39 is 11.7 Å². The van der Waals surface area contributed by atoms with Gasteiger partial charge in [-0.3, -0.25) is 4.79 Å². The van der Waals surface area contributed by atoms with Crippen molar-refractivity contribution in [3.05, 3.63) is 89.2 Å². The van der Waals surface area contributed by atoms with E-state index in [1.807, 2.05) is 26.0 Å². The summed E-state index contributed by atoms with van der Waals surface area (Å²) in [6, 6.07) is 19.9. The smallest absolute Gasteiger partial charge is 0.255 e. The summed E-state index contributed by atoms with van der Waals surface area (Å²) in [6.07, 6.45) is -0.126. The SMILES string of the molecule is CC(C)Oc1ccc(F)cc1NC(=O)c1cccc(OCc2ccccc2C#N)c1. The number of hydrogen-bond donors (Lipinski definition) is 1. The molecule has 0 aliphatic rings. The zero-order valence-electron chi connectivity index (χ0n) is 16.7. The lowest BCUT2D eigenvalue weighted by Crippen LogP contribution is -2.15. The van der Waals surface area contributed by atoms with E-state index in [0.29, 0.717) is 22.6 Å². The van der Waals surface area contributed by atoms with Gasteiger partial charge in [0.1, 0.15) is 23.9 Å². The summed E-state index contributed by atoms with van der Waals surface area (Å²) in [6.45, 7) is 3.89. The van der Waals surface area contributed by atoms with Crippen LogP contribution >= 0.6 is 0 Å². The van der Waals surface area contributed by atoms with Crippen LogP contribution in [0.1, 0.15) is 35.3 Å². The fraction of sp³-hybridized carbons (Fsp3) is 0.167. The highest BCUT2D eigenvalue weighted by Crippen LogP contribution is 2.27. The van der Waals surface area contributed by atoms with Crippen LogP contribution < -0.4 is 14.8 Å². The van der Waals surface area contributed by atoms with Crippen LogP contribution in [0.15, 0.2) is 66.7 Å². The van der Waals surface area contributed by atoms with E-state index in [2.05, 4.69) is 11.4 Å². The summed E-state index contributed by atoms with van der Waals surface area (Å²) >= 11 is 0. The van der Waals surface area contributed by atoms with Crippen molar-refractivity contribution in [2.24, 2.45) is 0 Å². The molecule has 3 aromatic carbocycles. The number of amides is 1. The number of carbonyl (C=O) groups is 1. The number of halogens is 1. The van der Waals surface area contributed by atoms with Crippen molar-refractivity contribution in [2.45, 2.75) is 26.6 Å². The molecule has 3 rings (SSSR count). The Bertz CT molecular complexity index is 1090. The number of nitriles is 1. The van der Waals surface area contributed by atoms with Crippen LogP contribution in [-0.2, 0) is 6.61 Å². The van der Waals surface area contributed by atoms with Gasteiger partial charge < -0.3 is 14.8 Å². The van der Waals surface area contributed by atoms with Gasteiger partial charge >= 0.3 is 0 Å². The van der Waals surface area contributed by atoms with Crippen LogP contribution in [-0.4, -0.2) is 12.0 Å². The second-order valence-electron chi connectivity index (χ2n) is 6.85. The topological polar surface area (TPSA) is 71.3 Å². The third-order valence-corrected chi connectivity index (χ3v) is 4.18. The molecular weight excluding hydrogens is 383 g/mol. The molecule has 6 heteroatoms. The first-order valence-corrected chi connectivity index (χ1v) is 9.44. The number of ether oxygens (including phenoxy) is 2. The van der Waals surface area contributed by atoms with Gasteiger partial charge in [0.2, 0.25) is 0 Å². The number of hydrogen-bond acceptors (Lipinski definition) is 4.